The summed E-state index contributed by atoms with van der Waals surface area (Å²) in [6.07, 6.45) is 0. The number of rotatable bonds is 6. The number of benzene rings is 3. The van der Waals surface area contributed by atoms with Gasteiger partial charge in [-0.15, -0.1) is 0 Å². The Morgan fingerprint density at radius 3 is 2.43 bits per heavy atom. The van der Waals surface area contributed by atoms with Crippen LogP contribution in [0.5, 0.6) is 17.2 Å². The zero-order valence-electron chi connectivity index (χ0n) is 18.8. The molecule has 3 aromatic carbocycles. The van der Waals surface area contributed by atoms with E-state index in [-0.39, 0.29) is 21.9 Å². The molecule has 0 spiro atoms. The third-order valence-electron chi connectivity index (χ3n) is 5.55. The third kappa shape index (κ3) is 4.52. The van der Waals surface area contributed by atoms with E-state index in [1.165, 1.54) is 48.4 Å². The molecule has 0 radical (unpaired) electrons. The summed E-state index contributed by atoms with van der Waals surface area (Å²) in [6, 6.07) is 14.3. The second-order valence-electron chi connectivity index (χ2n) is 7.66. The van der Waals surface area contributed by atoms with Crippen molar-refractivity contribution in [3.8, 4) is 17.2 Å². The van der Waals surface area contributed by atoms with Crippen LogP contribution < -0.4 is 14.4 Å². The van der Waals surface area contributed by atoms with Gasteiger partial charge in [0.25, 0.3) is 11.7 Å². The summed E-state index contributed by atoms with van der Waals surface area (Å²) in [7, 11) is 1.46. The van der Waals surface area contributed by atoms with Gasteiger partial charge in [0.15, 0.2) is 0 Å². The number of phenolic OH excluding ortho intramolecular Hbond substituents is 1. The van der Waals surface area contributed by atoms with Crippen LogP contribution in [-0.4, -0.2) is 35.6 Å². The van der Waals surface area contributed by atoms with Crippen LogP contribution in [-0.2, 0) is 9.59 Å². The minimum atomic E-state index is -1.04. The van der Waals surface area contributed by atoms with Gasteiger partial charge in [0.05, 0.1) is 35.4 Å². The number of phenols is 1. The molecule has 2 N–H and O–H groups in total. The normalized spacial score (nSPS) is 17.0. The summed E-state index contributed by atoms with van der Waals surface area (Å²) in [5, 5.41) is 21.9. The van der Waals surface area contributed by atoms with Crippen molar-refractivity contribution >= 4 is 46.3 Å². The summed E-state index contributed by atoms with van der Waals surface area (Å²) < 4.78 is 10.7. The number of ketones is 1. The molecule has 35 heavy (non-hydrogen) atoms. The third-order valence-corrected chi connectivity index (χ3v) is 6.16. The summed E-state index contributed by atoms with van der Waals surface area (Å²) in [4.78, 5) is 27.8. The summed E-state index contributed by atoms with van der Waals surface area (Å²) >= 11 is 12.5. The lowest BCUT2D eigenvalue weighted by atomic mass is 9.95. The summed E-state index contributed by atoms with van der Waals surface area (Å²) in [5.41, 5.74) is 0.819. The quantitative estimate of drug-likeness (QED) is 0.248. The molecule has 0 bridgehead atoms. The second-order valence-corrected chi connectivity index (χ2v) is 8.48. The first-order valence-corrected chi connectivity index (χ1v) is 11.4. The highest BCUT2D eigenvalue weighted by Gasteiger charge is 2.47. The van der Waals surface area contributed by atoms with Gasteiger partial charge in [0, 0.05) is 11.3 Å². The molecule has 180 valence electrons. The van der Waals surface area contributed by atoms with Crippen LogP contribution in [0.3, 0.4) is 0 Å². The van der Waals surface area contributed by atoms with E-state index in [9.17, 15) is 19.8 Å². The van der Waals surface area contributed by atoms with E-state index in [2.05, 4.69) is 0 Å². The standard InChI is InChI=1S/C26H21Cl2NO6/c1-3-35-21-12-15(7-9-18(21)27)24(31)22-23(14-5-4-6-17(30)11-14)29(26(33)25(22)32)16-8-10-20(34-2)19(28)13-16/h4-13,23,30-31H,3H2,1-2H3/b24-22+. The molecule has 1 saturated heterocycles. The van der Waals surface area contributed by atoms with Crippen LogP contribution >= 0.6 is 23.2 Å². The van der Waals surface area contributed by atoms with Crippen molar-refractivity contribution in [2.45, 2.75) is 13.0 Å². The number of hydrogen-bond donors (Lipinski definition) is 2. The first-order valence-electron chi connectivity index (χ1n) is 10.6. The highest BCUT2D eigenvalue weighted by atomic mass is 35.5. The van der Waals surface area contributed by atoms with Crippen molar-refractivity contribution < 1.29 is 29.3 Å². The largest absolute Gasteiger partial charge is 0.508 e. The van der Waals surface area contributed by atoms with E-state index < -0.39 is 23.5 Å². The Bertz CT molecular complexity index is 1350. The molecule has 1 aliphatic rings. The fourth-order valence-electron chi connectivity index (χ4n) is 3.99. The molecule has 1 amide bonds. The molecular weight excluding hydrogens is 493 g/mol. The monoisotopic (exact) mass is 513 g/mol. The van der Waals surface area contributed by atoms with E-state index in [1.54, 1.807) is 31.2 Å². The number of aliphatic hydroxyl groups is 1. The zero-order chi connectivity index (χ0) is 25.3. The predicted octanol–water partition coefficient (Wildman–Crippen LogP) is 5.73. The Balaban J connectivity index is 1.94. The van der Waals surface area contributed by atoms with Gasteiger partial charge in [0.2, 0.25) is 0 Å². The van der Waals surface area contributed by atoms with Crippen molar-refractivity contribution in [3.05, 3.63) is 87.4 Å². The van der Waals surface area contributed by atoms with E-state index >= 15 is 0 Å². The van der Waals surface area contributed by atoms with Gasteiger partial charge in [-0.2, -0.15) is 0 Å². The van der Waals surface area contributed by atoms with Gasteiger partial charge in [-0.3, -0.25) is 14.5 Å². The lowest BCUT2D eigenvalue weighted by Crippen LogP contribution is -2.29. The van der Waals surface area contributed by atoms with Crippen molar-refractivity contribution in [1.82, 2.24) is 0 Å². The first kappa shape index (κ1) is 24.4. The fraction of sp³-hybridized carbons (Fsp3) is 0.154. The van der Waals surface area contributed by atoms with E-state index in [0.717, 1.165) is 0 Å². The number of amides is 1. The Labute approximate surface area is 211 Å². The molecule has 4 rings (SSSR count). The maximum atomic E-state index is 13.3. The number of anilines is 1. The first-order chi connectivity index (χ1) is 16.8. The van der Waals surface area contributed by atoms with Gasteiger partial charge >= 0.3 is 0 Å². The van der Waals surface area contributed by atoms with E-state index in [0.29, 0.717) is 34.4 Å². The molecule has 1 fully saturated rings. The predicted molar refractivity (Wildman–Crippen MR) is 134 cm³/mol. The maximum absolute atomic E-state index is 13.3. The number of nitrogens with zero attached hydrogens (tertiary/aromatic N) is 1. The second kappa shape index (κ2) is 9.90. The van der Waals surface area contributed by atoms with Crippen LogP contribution in [0.15, 0.2) is 66.2 Å². The van der Waals surface area contributed by atoms with Crippen LogP contribution in [0, 0.1) is 0 Å². The fourth-order valence-corrected chi connectivity index (χ4v) is 4.41. The van der Waals surface area contributed by atoms with Crippen LogP contribution in [0.1, 0.15) is 24.1 Å². The molecule has 0 aromatic heterocycles. The Morgan fingerprint density at radius 1 is 1.00 bits per heavy atom. The van der Waals surface area contributed by atoms with Gasteiger partial charge in [0.1, 0.15) is 23.0 Å². The number of halogens is 2. The Hall–Kier alpha value is -3.68. The van der Waals surface area contributed by atoms with Crippen molar-refractivity contribution in [2.24, 2.45) is 0 Å². The van der Waals surface area contributed by atoms with E-state index in [1.807, 2.05) is 0 Å². The lowest BCUT2D eigenvalue weighted by molar-refractivity contribution is -0.132. The number of aromatic hydroxyl groups is 1. The minimum Gasteiger partial charge on any atom is -0.508 e. The topological polar surface area (TPSA) is 96.3 Å². The SMILES string of the molecule is CCOc1cc(/C(O)=C2\C(=O)C(=O)N(c3ccc(OC)c(Cl)c3)C2c2cccc(O)c2)ccc1Cl. The highest BCUT2D eigenvalue weighted by Crippen LogP contribution is 2.44. The Morgan fingerprint density at radius 2 is 1.77 bits per heavy atom. The maximum Gasteiger partial charge on any atom is 0.300 e. The number of aliphatic hydroxyl groups excluding tert-OH is 1. The molecule has 0 saturated carbocycles. The smallest absolute Gasteiger partial charge is 0.300 e. The highest BCUT2D eigenvalue weighted by molar-refractivity contribution is 6.52. The number of Topliss-reactive ketones (excluding diaryl/α,β-unsaturated/α-hetero) is 1. The van der Waals surface area contributed by atoms with Crippen LogP contribution in [0.25, 0.3) is 5.76 Å². The summed E-state index contributed by atoms with van der Waals surface area (Å²) in [6.45, 7) is 2.13. The number of methoxy groups -OCH3 is 1. The molecule has 1 unspecified atom stereocenters. The molecular formula is C26H21Cl2NO6. The number of ether oxygens (including phenoxy) is 2. The molecule has 0 aliphatic carbocycles. The van der Waals surface area contributed by atoms with Gasteiger partial charge in [-0.1, -0.05) is 35.3 Å². The number of hydrogen-bond acceptors (Lipinski definition) is 6. The molecule has 1 aliphatic heterocycles. The van der Waals surface area contributed by atoms with Crippen LogP contribution in [0.2, 0.25) is 10.0 Å². The number of carbonyl (C=O) groups excluding carboxylic acids is 2. The molecule has 1 atom stereocenters. The molecule has 7 nitrogen and oxygen atoms in total. The van der Waals surface area contributed by atoms with Gasteiger partial charge < -0.3 is 19.7 Å². The van der Waals surface area contributed by atoms with Crippen molar-refractivity contribution in [2.75, 3.05) is 18.6 Å². The van der Waals surface area contributed by atoms with Crippen molar-refractivity contribution in [3.63, 3.8) is 0 Å². The molecule has 9 heteroatoms. The average molecular weight is 514 g/mol. The zero-order valence-corrected chi connectivity index (χ0v) is 20.3. The van der Waals surface area contributed by atoms with Crippen molar-refractivity contribution in [1.29, 1.82) is 0 Å². The lowest BCUT2D eigenvalue weighted by Gasteiger charge is -2.26. The Kier molecular flexibility index (Phi) is 6.91. The minimum absolute atomic E-state index is 0.0639. The van der Waals surface area contributed by atoms with E-state index in [4.69, 9.17) is 32.7 Å². The van der Waals surface area contributed by atoms with Gasteiger partial charge in [-0.05, 0) is 61.0 Å². The van der Waals surface area contributed by atoms with Crippen LogP contribution in [0.4, 0.5) is 5.69 Å². The average Bonchev–Trinajstić information content (AvgIpc) is 3.10. The number of carbonyl (C=O) groups is 2. The summed E-state index contributed by atoms with van der Waals surface area (Å²) in [5.74, 6) is -1.51. The molecule has 1 heterocycles. The molecule has 3 aromatic rings. The van der Waals surface area contributed by atoms with Gasteiger partial charge in [-0.25, -0.2) is 0 Å².